The molecule has 0 saturated carbocycles. The van der Waals surface area contributed by atoms with Crippen molar-refractivity contribution in [1.82, 2.24) is 4.90 Å². The summed E-state index contributed by atoms with van der Waals surface area (Å²) in [6, 6.07) is 18.8. The van der Waals surface area contributed by atoms with E-state index < -0.39 is 0 Å². The molecule has 6 heteroatoms. The molecule has 0 aliphatic carbocycles. The second kappa shape index (κ2) is 9.79. The lowest BCUT2D eigenvalue weighted by molar-refractivity contribution is 0.112. The van der Waals surface area contributed by atoms with E-state index in [4.69, 9.17) is 18.6 Å². The van der Waals surface area contributed by atoms with Gasteiger partial charge in [0.05, 0.1) is 14.2 Å². The van der Waals surface area contributed by atoms with Crippen molar-refractivity contribution >= 4 is 17.3 Å². The van der Waals surface area contributed by atoms with Crippen LogP contribution in [0, 0.1) is 0 Å². The van der Waals surface area contributed by atoms with Gasteiger partial charge in [-0.25, -0.2) is 0 Å². The van der Waals surface area contributed by atoms with E-state index >= 15 is 0 Å². The summed E-state index contributed by atoms with van der Waals surface area (Å²) in [6.07, 6.45) is 0.860. The fraction of sp³-hybridized carbons (Fsp3) is 0.222. The minimum absolute atomic E-state index is 0.543. The lowest BCUT2D eigenvalue weighted by atomic mass is 9.94. The van der Waals surface area contributed by atoms with Gasteiger partial charge in [-0.3, -0.25) is 4.79 Å². The molecule has 6 nitrogen and oxygen atoms in total. The second-order valence-corrected chi connectivity index (χ2v) is 7.92. The van der Waals surface area contributed by atoms with E-state index in [1.165, 1.54) is 0 Å². The molecule has 0 aliphatic heterocycles. The van der Waals surface area contributed by atoms with Gasteiger partial charge in [0.2, 0.25) is 0 Å². The monoisotopic (exact) mass is 445 g/mol. The van der Waals surface area contributed by atoms with Crippen molar-refractivity contribution in [3.05, 3.63) is 66.2 Å². The number of carbonyl (C=O) groups excluding carboxylic acids is 1. The minimum Gasteiger partial charge on any atom is -0.497 e. The number of benzene rings is 3. The third kappa shape index (κ3) is 4.71. The average Bonchev–Trinajstić information content (AvgIpc) is 3.22. The van der Waals surface area contributed by atoms with Gasteiger partial charge < -0.3 is 23.5 Å². The number of aldehydes is 1. The summed E-state index contributed by atoms with van der Waals surface area (Å²) in [5, 5.41) is 0.884. The first kappa shape index (κ1) is 22.4. The standard InChI is InChI=1S/C27H27NO5/c1-28(2)13-14-32-22-10-7-19(17-29)24(15-22)26-23-12-11-21(31-4)16-25(23)33-27(26)18-5-8-20(30-3)9-6-18/h5-12,15-17H,13-14H2,1-4H3. The average molecular weight is 446 g/mol. The van der Waals surface area contributed by atoms with Crippen LogP contribution in [0.15, 0.2) is 65.1 Å². The zero-order valence-electron chi connectivity index (χ0n) is 19.3. The summed E-state index contributed by atoms with van der Waals surface area (Å²) in [4.78, 5) is 14.0. The number of likely N-dealkylation sites (N-methyl/N-ethyl adjacent to an activating group) is 1. The van der Waals surface area contributed by atoms with Gasteiger partial charge in [-0.1, -0.05) is 0 Å². The van der Waals surface area contributed by atoms with Gasteiger partial charge in [-0.15, -0.1) is 0 Å². The molecule has 0 N–H and O–H groups in total. The smallest absolute Gasteiger partial charge is 0.150 e. The molecule has 0 atom stereocenters. The highest BCUT2D eigenvalue weighted by atomic mass is 16.5. The van der Waals surface area contributed by atoms with Crippen LogP contribution >= 0.6 is 0 Å². The number of carbonyl (C=O) groups is 1. The molecule has 3 aromatic carbocycles. The number of fused-ring (bicyclic) bond motifs is 1. The van der Waals surface area contributed by atoms with Crippen molar-refractivity contribution in [3.8, 4) is 39.7 Å². The summed E-state index contributed by atoms with van der Waals surface area (Å²) in [5.41, 5.74) is 3.69. The van der Waals surface area contributed by atoms with E-state index in [1.807, 2.05) is 68.7 Å². The first-order chi connectivity index (χ1) is 16.0. The maximum Gasteiger partial charge on any atom is 0.150 e. The molecule has 33 heavy (non-hydrogen) atoms. The first-order valence-electron chi connectivity index (χ1n) is 10.7. The SMILES string of the molecule is COc1ccc(-c2oc3cc(OC)ccc3c2-c2cc(OCCN(C)C)ccc2C=O)cc1. The van der Waals surface area contributed by atoms with Crippen molar-refractivity contribution in [2.45, 2.75) is 0 Å². The van der Waals surface area contributed by atoms with E-state index in [0.717, 1.165) is 40.7 Å². The normalized spacial score (nSPS) is 11.1. The Hall–Kier alpha value is -3.77. The van der Waals surface area contributed by atoms with E-state index in [2.05, 4.69) is 4.90 Å². The second-order valence-electron chi connectivity index (χ2n) is 7.92. The molecule has 4 rings (SSSR count). The van der Waals surface area contributed by atoms with Gasteiger partial charge in [-0.2, -0.15) is 0 Å². The number of hydrogen-bond acceptors (Lipinski definition) is 6. The van der Waals surface area contributed by atoms with Crippen LogP contribution in [-0.2, 0) is 0 Å². The third-order valence-electron chi connectivity index (χ3n) is 5.48. The zero-order valence-corrected chi connectivity index (χ0v) is 19.3. The van der Waals surface area contributed by atoms with Crippen molar-refractivity contribution in [2.75, 3.05) is 41.5 Å². The van der Waals surface area contributed by atoms with Crippen LogP contribution < -0.4 is 14.2 Å². The van der Waals surface area contributed by atoms with Gasteiger partial charge in [0.25, 0.3) is 0 Å². The summed E-state index contributed by atoms with van der Waals surface area (Å²) in [6.45, 7) is 1.33. The van der Waals surface area contributed by atoms with Crippen LogP contribution in [0.25, 0.3) is 33.4 Å². The maximum absolute atomic E-state index is 12.0. The first-order valence-corrected chi connectivity index (χ1v) is 10.7. The third-order valence-corrected chi connectivity index (χ3v) is 5.48. The Labute approximate surface area is 193 Å². The molecule has 4 aromatic rings. The Morgan fingerprint density at radius 3 is 2.24 bits per heavy atom. The topological polar surface area (TPSA) is 61.1 Å². The molecule has 0 amide bonds. The van der Waals surface area contributed by atoms with E-state index in [1.54, 1.807) is 20.3 Å². The van der Waals surface area contributed by atoms with Gasteiger partial charge in [0, 0.05) is 40.3 Å². The van der Waals surface area contributed by atoms with Gasteiger partial charge in [-0.05, 0) is 68.7 Å². The quantitative estimate of drug-likeness (QED) is 0.315. The Kier molecular flexibility index (Phi) is 6.66. The summed E-state index contributed by atoms with van der Waals surface area (Å²) >= 11 is 0. The predicted molar refractivity (Wildman–Crippen MR) is 130 cm³/mol. The van der Waals surface area contributed by atoms with Crippen molar-refractivity contribution < 1.29 is 23.4 Å². The van der Waals surface area contributed by atoms with Crippen LogP contribution in [0.4, 0.5) is 0 Å². The Morgan fingerprint density at radius 1 is 0.879 bits per heavy atom. The molecule has 0 fully saturated rings. The van der Waals surface area contributed by atoms with E-state index in [0.29, 0.717) is 35.0 Å². The van der Waals surface area contributed by atoms with Crippen molar-refractivity contribution in [3.63, 3.8) is 0 Å². The highest BCUT2D eigenvalue weighted by molar-refractivity contribution is 6.05. The molecule has 0 unspecified atom stereocenters. The number of nitrogens with zero attached hydrogens (tertiary/aromatic N) is 1. The highest BCUT2D eigenvalue weighted by Gasteiger charge is 2.21. The van der Waals surface area contributed by atoms with Gasteiger partial charge in [0.15, 0.2) is 6.29 Å². The molecule has 170 valence electrons. The molecular formula is C27H27NO5. The maximum atomic E-state index is 12.0. The van der Waals surface area contributed by atoms with Crippen molar-refractivity contribution in [1.29, 1.82) is 0 Å². The van der Waals surface area contributed by atoms with Crippen LogP contribution in [-0.4, -0.2) is 52.7 Å². The zero-order chi connectivity index (χ0) is 23.4. The molecule has 0 radical (unpaired) electrons. The fourth-order valence-electron chi connectivity index (χ4n) is 3.71. The van der Waals surface area contributed by atoms with Crippen LogP contribution in [0.5, 0.6) is 17.2 Å². The minimum atomic E-state index is 0.543. The van der Waals surface area contributed by atoms with E-state index in [9.17, 15) is 4.79 Å². The molecule has 0 spiro atoms. The van der Waals surface area contributed by atoms with E-state index in [-0.39, 0.29) is 0 Å². The molecule has 0 aliphatic rings. The Bertz CT molecular complexity index is 1260. The van der Waals surface area contributed by atoms with Crippen LogP contribution in [0.2, 0.25) is 0 Å². The molecular weight excluding hydrogens is 418 g/mol. The van der Waals surface area contributed by atoms with Gasteiger partial charge >= 0.3 is 0 Å². The summed E-state index contributed by atoms with van der Waals surface area (Å²) < 4.78 is 23.0. The summed E-state index contributed by atoms with van der Waals surface area (Å²) in [5.74, 6) is 2.80. The van der Waals surface area contributed by atoms with Crippen LogP contribution in [0.3, 0.4) is 0 Å². The molecule has 0 bridgehead atoms. The lowest BCUT2D eigenvalue weighted by Gasteiger charge is -2.13. The Morgan fingerprint density at radius 2 is 1.58 bits per heavy atom. The number of ether oxygens (including phenoxy) is 3. The van der Waals surface area contributed by atoms with Gasteiger partial charge in [0.1, 0.15) is 35.2 Å². The highest BCUT2D eigenvalue weighted by Crippen LogP contribution is 2.44. The number of rotatable bonds is 9. The molecule has 0 saturated heterocycles. The number of furan rings is 1. The molecule has 1 aromatic heterocycles. The number of methoxy groups -OCH3 is 2. The van der Waals surface area contributed by atoms with Crippen LogP contribution in [0.1, 0.15) is 10.4 Å². The fourth-order valence-corrected chi connectivity index (χ4v) is 3.71. The summed E-state index contributed by atoms with van der Waals surface area (Å²) in [7, 11) is 7.25. The van der Waals surface area contributed by atoms with Crippen molar-refractivity contribution in [2.24, 2.45) is 0 Å². The predicted octanol–water partition coefficient (Wildman–Crippen LogP) is 5.54. The Balaban J connectivity index is 1.90. The largest absolute Gasteiger partial charge is 0.497 e. The number of hydrogen-bond donors (Lipinski definition) is 0. The molecule has 1 heterocycles. The lowest BCUT2D eigenvalue weighted by Crippen LogP contribution is -2.19.